The molecule has 0 bridgehead atoms. The van der Waals surface area contributed by atoms with Crippen molar-refractivity contribution in [3.8, 4) is 0 Å². The van der Waals surface area contributed by atoms with Crippen molar-refractivity contribution >= 4 is 28.9 Å². The molecule has 0 radical (unpaired) electrons. The number of benzene rings is 1. The molecule has 1 aliphatic rings. The number of rotatable bonds is 5. The molecule has 0 heterocycles. The van der Waals surface area contributed by atoms with Gasteiger partial charge in [0.05, 0.1) is 21.2 Å². The zero-order chi connectivity index (χ0) is 14.9. The van der Waals surface area contributed by atoms with Crippen LogP contribution in [0, 0.1) is 16.0 Å². The molecule has 1 saturated carbocycles. The Morgan fingerprint density at radius 2 is 2.30 bits per heavy atom. The number of carbonyl (C=O) groups is 1. The third-order valence-corrected chi connectivity index (χ3v) is 3.78. The summed E-state index contributed by atoms with van der Waals surface area (Å²) in [6.07, 6.45) is 3.08. The second-order valence-electron chi connectivity index (χ2n) is 5.01. The normalized spacial score (nSPS) is 20.5. The Morgan fingerprint density at radius 1 is 1.60 bits per heavy atom. The molecule has 0 saturated heterocycles. The van der Waals surface area contributed by atoms with E-state index in [4.69, 9.17) is 17.3 Å². The molecule has 108 valence electrons. The van der Waals surface area contributed by atoms with Gasteiger partial charge in [0.2, 0.25) is 0 Å². The topological polar surface area (TPSA) is 98.3 Å². The highest BCUT2D eigenvalue weighted by Gasteiger charge is 2.37. The summed E-state index contributed by atoms with van der Waals surface area (Å²) in [6, 6.07) is 2.44. The summed E-state index contributed by atoms with van der Waals surface area (Å²) in [6.45, 7) is 2.09. The van der Waals surface area contributed by atoms with E-state index in [0.717, 1.165) is 31.4 Å². The molecule has 3 N–H and O–H groups in total. The minimum Gasteiger partial charge on any atom is -0.397 e. The van der Waals surface area contributed by atoms with Crippen LogP contribution in [0.5, 0.6) is 0 Å². The molecular weight excluding hydrogens is 282 g/mol. The van der Waals surface area contributed by atoms with Crippen LogP contribution in [0.15, 0.2) is 12.1 Å². The molecule has 1 aromatic rings. The quantitative estimate of drug-likeness (QED) is 0.496. The molecule has 1 aliphatic carbocycles. The molecular formula is C13H16ClN3O3. The van der Waals surface area contributed by atoms with Gasteiger partial charge in [0.1, 0.15) is 0 Å². The van der Waals surface area contributed by atoms with E-state index in [9.17, 15) is 14.9 Å². The number of nitrogens with one attached hydrogen (secondary N) is 1. The molecule has 1 aromatic carbocycles. The summed E-state index contributed by atoms with van der Waals surface area (Å²) >= 11 is 5.83. The van der Waals surface area contributed by atoms with Gasteiger partial charge in [0.15, 0.2) is 0 Å². The fourth-order valence-corrected chi connectivity index (χ4v) is 2.47. The summed E-state index contributed by atoms with van der Waals surface area (Å²) in [4.78, 5) is 22.3. The van der Waals surface area contributed by atoms with Crippen molar-refractivity contribution in [1.29, 1.82) is 0 Å². The third-order valence-electron chi connectivity index (χ3n) is 3.47. The minimum absolute atomic E-state index is 0.0188. The number of anilines is 1. The fourth-order valence-electron chi connectivity index (χ4n) is 2.26. The highest BCUT2D eigenvalue weighted by molar-refractivity contribution is 6.34. The fraction of sp³-hybridized carbons (Fsp3) is 0.462. The Balaban J connectivity index is 2.15. The number of hydrogen-bond donors (Lipinski definition) is 2. The Bertz CT molecular complexity index is 562. The number of hydrogen-bond acceptors (Lipinski definition) is 4. The zero-order valence-electron chi connectivity index (χ0n) is 11.1. The van der Waals surface area contributed by atoms with Crippen LogP contribution in [0.1, 0.15) is 36.5 Å². The third kappa shape index (κ3) is 3.01. The van der Waals surface area contributed by atoms with E-state index in [0.29, 0.717) is 5.92 Å². The molecule has 0 aliphatic heterocycles. The van der Waals surface area contributed by atoms with E-state index in [1.54, 1.807) is 0 Å². The predicted octanol–water partition coefficient (Wildman–Crippen LogP) is 2.75. The standard InChI is InChI=1S/C13H16ClN3O3/c1-2-3-7-4-11(7)16-13(18)9-5-8(17(19)20)6-10(14)12(9)15/h5-7,11H,2-4,15H2,1H3,(H,16,18). The summed E-state index contributed by atoms with van der Waals surface area (Å²) in [7, 11) is 0. The average Bonchev–Trinajstić information content (AvgIpc) is 3.10. The monoisotopic (exact) mass is 297 g/mol. The van der Waals surface area contributed by atoms with E-state index in [2.05, 4.69) is 12.2 Å². The molecule has 7 heteroatoms. The lowest BCUT2D eigenvalue weighted by Gasteiger charge is -2.08. The van der Waals surface area contributed by atoms with Crippen LogP contribution in [-0.4, -0.2) is 16.9 Å². The molecule has 20 heavy (non-hydrogen) atoms. The second kappa shape index (κ2) is 5.66. The molecule has 0 aromatic heterocycles. The first-order chi connectivity index (χ1) is 9.43. The lowest BCUT2D eigenvalue weighted by molar-refractivity contribution is -0.384. The lowest BCUT2D eigenvalue weighted by atomic mass is 10.1. The number of halogens is 1. The van der Waals surface area contributed by atoms with Crippen LogP contribution in [0.3, 0.4) is 0 Å². The molecule has 1 fully saturated rings. The van der Waals surface area contributed by atoms with Crippen molar-refractivity contribution < 1.29 is 9.72 Å². The Hall–Kier alpha value is -1.82. The average molecular weight is 298 g/mol. The number of nitro groups is 1. The maximum Gasteiger partial charge on any atom is 0.271 e. The van der Waals surface area contributed by atoms with Crippen LogP contribution in [0.2, 0.25) is 5.02 Å². The first kappa shape index (κ1) is 14.6. The number of carbonyl (C=O) groups excluding carboxylic acids is 1. The van der Waals surface area contributed by atoms with E-state index in [1.165, 1.54) is 0 Å². The van der Waals surface area contributed by atoms with Crippen LogP contribution in [0.25, 0.3) is 0 Å². The van der Waals surface area contributed by atoms with Crippen LogP contribution >= 0.6 is 11.6 Å². The van der Waals surface area contributed by atoms with Crippen molar-refractivity contribution in [2.24, 2.45) is 5.92 Å². The number of nitrogen functional groups attached to an aromatic ring is 1. The van der Waals surface area contributed by atoms with Crippen LogP contribution in [-0.2, 0) is 0 Å². The second-order valence-corrected chi connectivity index (χ2v) is 5.42. The van der Waals surface area contributed by atoms with E-state index < -0.39 is 10.8 Å². The smallest absolute Gasteiger partial charge is 0.271 e. The predicted molar refractivity (Wildman–Crippen MR) is 76.8 cm³/mol. The number of nitro benzene ring substituents is 1. The first-order valence-electron chi connectivity index (χ1n) is 6.48. The van der Waals surface area contributed by atoms with Crippen molar-refractivity contribution in [2.75, 3.05) is 5.73 Å². The van der Waals surface area contributed by atoms with Gasteiger partial charge in [-0.15, -0.1) is 0 Å². The van der Waals surface area contributed by atoms with Gasteiger partial charge in [-0.2, -0.15) is 0 Å². The van der Waals surface area contributed by atoms with Crippen molar-refractivity contribution in [3.63, 3.8) is 0 Å². The zero-order valence-corrected chi connectivity index (χ0v) is 11.8. The largest absolute Gasteiger partial charge is 0.397 e. The van der Waals surface area contributed by atoms with Gasteiger partial charge in [-0.3, -0.25) is 14.9 Å². The summed E-state index contributed by atoms with van der Waals surface area (Å²) in [5.74, 6) is 0.0936. The molecule has 2 unspecified atom stereocenters. The highest BCUT2D eigenvalue weighted by Crippen LogP contribution is 2.35. The molecule has 0 spiro atoms. The number of non-ortho nitro benzene ring substituents is 1. The maximum absolute atomic E-state index is 12.1. The van der Waals surface area contributed by atoms with Gasteiger partial charge in [-0.25, -0.2) is 0 Å². The SMILES string of the molecule is CCCC1CC1NC(=O)c1cc([N+](=O)[O-])cc(Cl)c1N. The summed E-state index contributed by atoms with van der Waals surface area (Å²) in [5, 5.41) is 13.6. The Kier molecular flexibility index (Phi) is 4.13. The summed E-state index contributed by atoms with van der Waals surface area (Å²) in [5.41, 5.74) is 5.62. The Labute approximate surface area is 121 Å². The molecule has 2 atom stereocenters. The van der Waals surface area contributed by atoms with Crippen LogP contribution < -0.4 is 11.1 Å². The van der Waals surface area contributed by atoms with E-state index in [1.807, 2.05) is 0 Å². The van der Waals surface area contributed by atoms with Crippen molar-refractivity contribution in [1.82, 2.24) is 5.32 Å². The lowest BCUT2D eigenvalue weighted by Crippen LogP contribution is -2.27. The number of amides is 1. The van der Waals surface area contributed by atoms with Crippen molar-refractivity contribution in [2.45, 2.75) is 32.2 Å². The molecule has 2 rings (SSSR count). The highest BCUT2D eigenvalue weighted by atomic mass is 35.5. The van der Waals surface area contributed by atoms with Gasteiger partial charge in [0, 0.05) is 18.2 Å². The van der Waals surface area contributed by atoms with Gasteiger partial charge in [-0.1, -0.05) is 24.9 Å². The van der Waals surface area contributed by atoms with Crippen LogP contribution in [0.4, 0.5) is 11.4 Å². The van der Waals surface area contributed by atoms with E-state index in [-0.39, 0.29) is 28.0 Å². The van der Waals surface area contributed by atoms with Gasteiger partial charge in [-0.05, 0) is 18.8 Å². The maximum atomic E-state index is 12.1. The summed E-state index contributed by atoms with van der Waals surface area (Å²) < 4.78 is 0. The first-order valence-corrected chi connectivity index (χ1v) is 6.86. The van der Waals surface area contributed by atoms with Gasteiger partial charge in [0.25, 0.3) is 11.6 Å². The van der Waals surface area contributed by atoms with E-state index >= 15 is 0 Å². The number of nitrogens with zero attached hydrogens (tertiary/aromatic N) is 1. The number of nitrogens with two attached hydrogens (primary N) is 1. The minimum atomic E-state index is -0.598. The van der Waals surface area contributed by atoms with Gasteiger partial charge >= 0.3 is 0 Å². The molecule has 1 amide bonds. The van der Waals surface area contributed by atoms with Gasteiger partial charge < -0.3 is 11.1 Å². The molecule has 6 nitrogen and oxygen atoms in total. The Morgan fingerprint density at radius 3 is 2.90 bits per heavy atom. The van der Waals surface area contributed by atoms with Crippen molar-refractivity contribution in [3.05, 3.63) is 32.8 Å².